The summed E-state index contributed by atoms with van der Waals surface area (Å²) < 4.78 is 37.4. The summed E-state index contributed by atoms with van der Waals surface area (Å²) in [5, 5.41) is 6.14. The zero-order valence-electron chi connectivity index (χ0n) is 23.0. The van der Waals surface area contributed by atoms with E-state index in [1.165, 1.54) is 6.42 Å². The summed E-state index contributed by atoms with van der Waals surface area (Å²) in [6, 6.07) is 19.1. The largest absolute Gasteiger partial charge is 0.497 e. The SMILES string of the molecule is COc1cc(Nc2nc3ccccc3nc2N(c2cccc(NC(=O)CC3CCCCC3)c2)[SH](=O)=O)cc(OC)c1. The standard InChI is InChI=1S/C30H33N5O5S/c1-39-24-17-22(18-25(19-24)40-2)32-29-30(34-27-14-7-6-13-26(27)33-29)35(41(37)38)23-12-8-11-21(16-23)31-28(36)15-20-9-4-3-5-10-20/h6-8,11-14,16-20,41H,3-5,9-10,15H2,1-2H3,(H,31,36)(H,32,33). The number of carbonyl (C=O) groups is 1. The first-order valence-electron chi connectivity index (χ1n) is 13.5. The molecule has 10 nitrogen and oxygen atoms in total. The molecule has 0 spiro atoms. The average molecular weight is 576 g/mol. The molecular formula is C30H33N5O5S. The number of anilines is 5. The normalized spacial score (nSPS) is 13.6. The first-order chi connectivity index (χ1) is 19.9. The Morgan fingerprint density at radius 2 is 1.56 bits per heavy atom. The molecule has 5 rings (SSSR count). The topological polar surface area (TPSA) is 123 Å². The lowest BCUT2D eigenvalue weighted by molar-refractivity contribution is -0.117. The molecule has 0 unspecified atom stereocenters. The molecule has 3 aromatic carbocycles. The molecule has 1 heterocycles. The van der Waals surface area contributed by atoms with Gasteiger partial charge in [0.25, 0.3) is 0 Å². The van der Waals surface area contributed by atoms with E-state index in [0.29, 0.717) is 51.9 Å². The highest BCUT2D eigenvalue weighted by Gasteiger charge is 2.22. The van der Waals surface area contributed by atoms with E-state index in [-0.39, 0.29) is 17.5 Å². The maximum absolute atomic E-state index is 12.8. The first-order valence-corrected chi connectivity index (χ1v) is 14.7. The van der Waals surface area contributed by atoms with Crippen LogP contribution in [0.5, 0.6) is 11.5 Å². The van der Waals surface area contributed by atoms with Crippen molar-refractivity contribution in [3.05, 3.63) is 66.7 Å². The number of aromatic nitrogens is 2. The third kappa shape index (κ3) is 6.86. The highest BCUT2D eigenvalue weighted by atomic mass is 32.2. The van der Waals surface area contributed by atoms with E-state index in [1.54, 1.807) is 68.8 Å². The molecule has 1 saturated carbocycles. The van der Waals surface area contributed by atoms with Crippen molar-refractivity contribution in [2.24, 2.45) is 5.92 Å². The first kappa shape index (κ1) is 28.2. The molecule has 1 fully saturated rings. The van der Waals surface area contributed by atoms with E-state index in [4.69, 9.17) is 14.5 Å². The Hall–Kier alpha value is -4.38. The Morgan fingerprint density at radius 1 is 0.878 bits per heavy atom. The van der Waals surface area contributed by atoms with Crippen LogP contribution in [0, 0.1) is 5.92 Å². The van der Waals surface area contributed by atoms with Crippen LogP contribution in [0.2, 0.25) is 0 Å². The number of carbonyl (C=O) groups excluding carboxylic acids is 1. The molecule has 0 atom stereocenters. The number of amides is 1. The Morgan fingerprint density at radius 3 is 2.22 bits per heavy atom. The number of hydrogen-bond donors (Lipinski definition) is 3. The lowest BCUT2D eigenvalue weighted by Gasteiger charge is -2.22. The number of thiol groups is 1. The highest BCUT2D eigenvalue weighted by Crippen LogP contribution is 2.36. The Balaban J connectivity index is 1.51. The minimum absolute atomic E-state index is 0.0762. The number of hydrogen-bond acceptors (Lipinski definition) is 8. The van der Waals surface area contributed by atoms with E-state index in [1.807, 2.05) is 12.1 Å². The van der Waals surface area contributed by atoms with Crippen molar-refractivity contribution in [1.29, 1.82) is 0 Å². The van der Waals surface area contributed by atoms with E-state index in [0.717, 1.165) is 30.0 Å². The van der Waals surface area contributed by atoms with Gasteiger partial charge < -0.3 is 20.1 Å². The van der Waals surface area contributed by atoms with Gasteiger partial charge in [-0.15, -0.1) is 0 Å². The fraction of sp³-hybridized carbons (Fsp3) is 0.300. The molecule has 1 amide bonds. The van der Waals surface area contributed by atoms with Crippen molar-refractivity contribution < 1.29 is 22.7 Å². The van der Waals surface area contributed by atoms with E-state index >= 15 is 0 Å². The maximum atomic E-state index is 12.8. The second kappa shape index (κ2) is 12.9. The van der Waals surface area contributed by atoms with Gasteiger partial charge in [0.1, 0.15) is 11.5 Å². The lowest BCUT2D eigenvalue weighted by atomic mass is 9.87. The van der Waals surface area contributed by atoms with Crippen molar-refractivity contribution in [1.82, 2.24) is 9.97 Å². The number of methoxy groups -OCH3 is 2. The quantitative estimate of drug-likeness (QED) is 0.198. The Labute approximate surface area is 240 Å². The number of ether oxygens (including phenoxy) is 2. The molecule has 214 valence electrons. The summed E-state index contributed by atoms with van der Waals surface area (Å²) in [4.78, 5) is 22.2. The van der Waals surface area contributed by atoms with Crippen LogP contribution in [0.3, 0.4) is 0 Å². The van der Waals surface area contributed by atoms with Gasteiger partial charge in [-0.25, -0.2) is 22.7 Å². The van der Waals surface area contributed by atoms with Gasteiger partial charge >= 0.3 is 0 Å². The number of para-hydroxylation sites is 2. The number of fused-ring (bicyclic) bond motifs is 1. The summed E-state index contributed by atoms with van der Waals surface area (Å²) in [6.07, 6.45) is 6.12. The fourth-order valence-corrected chi connectivity index (χ4v) is 5.72. The van der Waals surface area contributed by atoms with Crippen LogP contribution in [0.15, 0.2) is 66.7 Å². The van der Waals surface area contributed by atoms with E-state index < -0.39 is 10.9 Å². The molecular weight excluding hydrogens is 542 g/mol. The van der Waals surface area contributed by atoms with Crippen LogP contribution in [-0.2, 0) is 15.7 Å². The predicted octanol–water partition coefficient (Wildman–Crippen LogP) is 5.96. The second-order valence-corrected chi connectivity index (χ2v) is 10.8. The molecule has 1 aliphatic rings. The van der Waals surface area contributed by atoms with Gasteiger partial charge in [-0.3, -0.25) is 4.79 Å². The zero-order valence-corrected chi connectivity index (χ0v) is 23.9. The van der Waals surface area contributed by atoms with Crippen molar-refractivity contribution in [3.63, 3.8) is 0 Å². The molecule has 4 aromatic rings. The average Bonchev–Trinajstić information content (AvgIpc) is 2.97. The summed E-state index contributed by atoms with van der Waals surface area (Å²) in [5.74, 6) is 1.69. The third-order valence-electron chi connectivity index (χ3n) is 7.10. The molecule has 0 bridgehead atoms. The van der Waals surface area contributed by atoms with Gasteiger partial charge in [-0.1, -0.05) is 37.5 Å². The lowest BCUT2D eigenvalue weighted by Crippen LogP contribution is -2.20. The molecule has 2 N–H and O–H groups in total. The molecule has 0 saturated heterocycles. The van der Waals surface area contributed by atoms with Gasteiger partial charge in [-0.05, 0) is 49.1 Å². The predicted molar refractivity (Wildman–Crippen MR) is 161 cm³/mol. The highest BCUT2D eigenvalue weighted by molar-refractivity contribution is 7.74. The number of benzene rings is 3. The number of nitrogens with one attached hydrogen (secondary N) is 2. The van der Waals surface area contributed by atoms with Crippen LogP contribution in [0.1, 0.15) is 38.5 Å². The number of nitrogens with zero attached hydrogens (tertiary/aromatic N) is 3. The van der Waals surface area contributed by atoms with Crippen LogP contribution in [0.25, 0.3) is 11.0 Å². The smallest absolute Gasteiger partial charge is 0.230 e. The Kier molecular flexibility index (Phi) is 8.83. The van der Waals surface area contributed by atoms with Crippen molar-refractivity contribution in [2.45, 2.75) is 38.5 Å². The molecule has 0 radical (unpaired) electrons. The summed E-state index contributed by atoms with van der Waals surface area (Å²) in [6.45, 7) is 0. The molecule has 11 heteroatoms. The second-order valence-electron chi connectivity index (χ2n) is 9.97. The van der Waals surface area contributed by atoms with E-state index in [9.17, 15) is 13.2 Å². The minimum Gasteiger partial charge on any atom is -0.497 e. The monoisotopic (exact) mass is 575 g/mol. The third-order valence-corrected chi connectivity index (χ3v) is 7.85. The van der Waals surface area contributed by atoms with Crippen molar-refractivity contribution in [3.8, 4) is 11.5 Å². The summed E-state index contributed by atoms with van der Waals surface area (Å²) in [7, 11) is -0.107. The minimum atomic E-state index is -3.20. The zero-order chi connectivity index (χ0) is 28.8. The van der Waals surface area contributed by atoms with Crippen molar-refractivity contribution in [2.75, 3.05) is 29.2 Å². The molecule has 1 aromatic heterocycles. The fourth-order valence-electron chi connectivity index (χ4n) is 5.11. The van der Waals surface area contributed by atoms with Gasteiger partial charge in [0.05, 0.1) is 30.9 Å². The Bertz CT molecular complexity index is 1590. The van der Waals surface area contributed by atoms with Crippen molar-refractivity contribution >= 4 is 56.5 Å². The van der Waals surface area contributed by atoms with Gasteiger partial charge in [-0.2, -0.15) is 0 Å². The number of rotatable bonds is 10. The van der Waals surface area contributed by atoms with E-state index in [2.05, 4.69) is 15.6 Å². The van der Waals surface area contributed by atoms with Crippen LogP contribution < -0.4 is 24.4 Å². The van der Waals surface area contributed by atoms with Gasteiger partial charge in [0.2, 0.25) is 16.8 Å². The maximum Gasteiger partial charge on any atom is 0.230 e. The van der Waals surface area contributed by atoms with Crippen LogP contribution >= 0.6 is 0 Å². The van der Waals surface area contributed by atoms with Crippen LogP contribution in [0.4, 0.5) is 28.7 Å². The molecule has 0 aliphatic heterocycles. The summed E-state index contributed by atoms with van der Waals surface area (Å²) >= 11 is 0. The molecule has 1 aliphatic carbocycles. The van der Waals surface area contributed by atoms with Gasteiger partial charge in [0, 0.05) is 36.0 Å². The molecule has 41 heavy (non-hydrogen) atoms. The summed E-state index contributed by atoms with van der Waals surface area (Å²) in [5.41, 5.74) is 2.49. The van der Waals surface area contributed by atoms with Crippen LogP contribution in [-0.4, -0.2) is 38.5 Å². The van der Waals surface area contributed by atoms with Gasteiger partial charge in [0.15, 0.2) is 11.6 Å².